The van der Waals surface area contributed by atoms with Crippen LogP contribution in [0, 0.1) is 20.4 Å². The predicted molar refractivity (Wildman–Crippen MR) is 159 cm³/mol. The highest BCUT2D eigenvalue weighted by molar-refractivity contribution is 6.88. The zero-order chi connectivity index (χ0) is 26.6. The van der Waals surface area contributed by atoms with Crippen molar-refractivity contribution in [1.82, 2.24) is 0 Å². The number of fused-ring (bicyclic) bond motifs is 3. The molecule has 2 heterocycles. The van der Waals surface area contributed by atoms with Crippen molar-refractivity contribution in [1.29, 1.82) is 0 Å². The molecule has 3 nitrogen and oxygen atoms in total. The van der Waals surface area contributed by atoms with E-state index in [-0.39, 0.29) is 0 Å². The summed E-state index contributed by atoms with van der Waals surface area (Å²) >= 11 is 0. The van der Waals surface area contributed by atoms with Crippen molar-refractivity contribution in [2.75, 3.05) is 0 Å². The molecule has 0 aliphatic heterocycles. The number of aromatic nitrogens is 1. The fourth-order valence-electron chi connectivity index (χ4n) is 5.22. The number of hydrogen-bond acceptors (Lipinski definition) is 1. The lowest BCUT2D eigenvalue weighted by atomic mass is 9.95. The summed E-state index contributed by atoms with van der Waals surface area (Å²) in [6.45, 7) is 23.7. The van der Waals surface area contributed by atoms with Crippen LogP contribution in [0.4, 0.5) is 5.69 Å². The van der Waals surface area contributed by atoms with E-state index >= 15 is 0 Å². The summed E-state index contributed by atoms with van der Waals surface area (Å²) in [7, 11) is 0.704. The van der Waals surface area contributed by atoms with Gasteiger partial charge in [-0.2, -0.15) is 4.57 Å². The molecule has 2 aromatic heterocycles. The molecule has 0 atom stereocenters. The van der Waals surface area contributed by atoms with E-state index in [1.807, 2.05) is 12.1 Å². The maximum Gasteiger partial charge on any atom is 0.216 e. The lowest BCUT2D eigenvalue weighted by Gasteiger charge is -2.17. The molecule has 0 fully saturated rings. The van der Waals surface area contributed by atoms with Gasteiger partial charge in [-0.1, -0.05) is 87.2 Å². The second-order valence-corrected chi connectivity index (χ2v) is 16.6. The fourth-order valence-corrected chi connectivity index (χ4v) is 6.38. The maximum atomic E-state index is 7.90. The molecule has 0 saturated carbocycles. The van der Waals surface area contributed by atoms with Gasteiger partial charge in [0.2, 0.25) is 5.69 Å². The number of pyridine rings is 1. The topological polar surface area (TPSA) is 21.4 Å². The first-order valence-corrected chi connectivity index (χ1v) is 16.5. The van der Waals surface area contributed by atoms with E-state index in [0.717, 1.165) is 44.3 Å². The van der Waals surface area contributed by atoms with Gasteiger partial charge in [0.15, 0.2) is 11.4 Å². The van der Waals surface area contributed by atoms with Crippen LogP contribution >= 0.6 is 0 Å². The van der Waals surface area contributed by atoms with E-state index in [0.29, 0.717) is 11.6 Å². The minimum atomic E-state index is -1.42. The molecule has 0 radical (unpaired) electrons. The first-order chi connectivity index (χ1) is 17.5. The highest BCUT2D eigenvalue weighted by Crippen LogP contribution is 2.44. The van der Waals surface area contributed by atoms with Gasteiger partial charge in [0.05, 0.1) is 20.2 Å². The molecule has 0 spiro atoms. The smallest absolute Gasteiger partial charge is 0.216 e. The number of aryl methyl sites for hydroxylation is 2. The molecule has 0 saturated heterocycles. The molecule has 0 aliphatic carbocycles. The third kappa shape index (κ3) is 4.18. The number of hydrogen-bond donors (Lipinski definition) is 0. The van der Waals surface area contributed by atoms with E-state index in [1.165, 1.54) is 22.0 Å². The third-order valence-corrected chi connectivity index (χ3v) is 9.71. The van der Waals surface area contributed by atoms with Crippen molar-refractivity contribution in [2.45, 2.75) is 53.3 Å². The van der Waals surface area contributed by atoms with E-state index < -0.39 is 8.07 Å². The zero-order valence-corrected chi connectivity index (χ0v) is 24.2. The summed E-state index contributed by atoms with van der Waals surface area (Å²) in [5.41, 5.74) is 10.2. The molecule has 5 aromatic rings. The zero-order valence-electron chi connectivity index (χ0n) is 23.2. The van der Waals surface area contributed by atoms with Crippen molar-refractivity contribution in [2.24, 2.45) is 7.05 Å². The molecule has 4 heteroatoms. The Kier molecular flexibility index (Phi) is 6.08. The van der Waals surface area contributed by atoms with Crippen molar-refractivity contribution in [3.63, 3.8) is 0 Å². The Morgan fingerprint density at radius 3 is 2.05 bits per heavy atom. The summed E-state index contributed by atoms with van der Waals surface area (Å²) in [6.07, 6.45) is 0. The van der Waals surface area contributed by atoms with Crippen molar-refractivity contribution in [3.8, 4) is 22.4 Å². The lowest BCUT2D eigenvalue weighted by Crippen LogP contribution is -2.37. The fraction of sp³-hybridized carbons (Fsp3) is 0.273. The first-order valence-electron chi connectivity index (χ1n) is 13.0. The van der Waals surface area contributed by atoms with Crippen molar-refractivity contribution in [3.05, 3.63) is 88.9 Å². The van der Waals surface area contributed by atoms with Crippen LogP contribution in [0.5, 0.6) is 0 Å². The summed E-state index contributed by atoms with van der Waals surface area (Å²) in [5, 5.41) is 3.54. The van der Waals surface area contributed by atoms with Crippen LogP contribution in [0.3, 0.4) is 0 Å². The minimum absolute atomic E-state index is 0.431. The van der Waals surface area contributed by atoms with Gasteiger partial charge in [-0.3, -0.25) is 0 Å². The quantitative estimate of drug-likeness (QED) is 0.137. The van der Waals surface area contributed by atoms with Gasteiger partial charge >= 0.3 is 0 Å². The minimum Gasteiger partial charge on any atom is -0.456 e. The lowest BCUT2D eigenvalue weighted by molar-refractivity contribution is -0.666. The van der Waals surface area contributed by atoms with Crippen LogP contribution in [0.25, 0.3) is 49.2 Å². The predicted octanol–water partition coefficient (Wildman–Crippen LogP) is 8.58. The van der Waals surface area contributed by atoms with Crippen LogP contribution < -0.4 is 9.75 Å². The van der Waals surface area contributed by atoms with E-state index in [9.17, 15) is 0 Å². The second kappa shape index (κ2) is 9.01. The summed E-state index contributed by atoms with van der Waals surface area (Å²) in [4.78, 5) is 3.89. The summed E-state index contributed by atoms with van der Waals surface area (Å²) in [5.74, 6) is 0.431. The first kappa shape index (κ1) is 25.0. The van der Waals surface area contributed by atoms with Gasteiger partial charge in [0, 0.05) is 35.4 Å². The van der Waals surface area contributed by atoms with Crippen molar-refractivity contribution >= 4 is 40.9 Å². The van der Waals surface area contributed by atoms with Crippen LogP contribution in [-0.4, -0.2) is 8.07 Å². The number of furan rings is 1. The van der Waals surface area contributed by atoms with Gasteiger partial charge in [0.25, 0.3) is 0 Å². The number of rotatable bonds is 4. The Labute approximate surface area is 221 Å². The SMILES string of the molecule is [C-]#[N+]c1ccc2c(oc3c(-c4cc(C(C)C)cc(C)[n+]4C)c(C)ccc32)c1-c1ccc([Si](C)(C)C)cc1. The Morgan fingerprint density at radius 1 is 0.838 bits per heavy atom. The molecule has 5 rings (SSSR count). The number of nitrogens with zero attached hydrogens (tertiary/aromatic N) is 2. The van der Waals surface area contributed by atoms with Crippen molar-refractivity contribution < 1.29 is 8.98 Å². The molecule has 186 valence electrons. The van der Waals surface area contributed by atoms with E-state index in [1.54, 1.807) is 0 Å². The van der Waals surface area contributed by atoms with Crippen LogP contribution in [0.15, 0.2) is 65.1 Å². The third-order valence-electron chi connectivity index (χ3n) is 7.65. The van der Waals surface area contributed by atoms with Gasteiger partial charge in [-0.15, -0.1) is 0 Å². The standard InChI is InChI=1S/C33H35N2OSi/c1-20(2)24-18-22(4)35(6)29(19-24)30-21(3)10-15-26-27-16-17-28(34-5)31(33(27)36-32(26)30)23-11-13-25(14-12-23)37(7,8)9/h10-20H,1-4,6-9H3/q+1. The van der Waals surface area contributed by atoms with Gasteiger partial charge in [-0.05, 0) is 29.5 Å². The summed E-state index contributed by atoms with van der Waals surface area (Å²) < 4.78 is 9.04. The molecule has 0 amide bonds. The van der Waals surface area contributed by atoms with E-state index in [4.69, 9.17) is 11.0 Å². The highest BCUT2D eigenvalue weighted by atomic mass is 28.3. The second-order valence-electron chi connectivity index (χ2n) is 11.5. The Hall–Kier alpha value is -3.68. The highest BCUT2D eigenvalue weighted by Gasteiger charge is 2.25. The molecule has 0 aliphatic rings. The van der Waals surface area contributed by atoms with Crippen LogP contribution in [-0.2, 0) is 7.05 Å². The average molecular weight is 504 g/mol. The van der Waals surface area contributed by atoms with Gasteiger partial charge in [0.1, 0.15) is 18.2 Å². The molecule has 0 unspecified atom stereocenters. The molecular weight excluding hydrogens is 468 g/mol. The average Bonchev–Trinajstić information content (AvgIpc) is 3.23. The van der Waals surface area contributed by atoms with Crippen LogP contribution in [0.2, 0.25) is 19.6 Å². The molecule has 0 bridgehead atoms. The largest absolute Gasteiger partial charge is 0.456 e. The Morgan fingerprint density at radius 2 is 1.46 bits per heavy atom. The van der Waals surface area contributed by atoms with E-state index in [2.05, 4.69) is 112 Å². The molecular formula is C33H35N2OSi+. The molecule has 0 N–H and O–H groups in total. The normalized spacial score (nSPS) is 12.0. The molecule has 37 heavy (non-hydrogen) atoms. The van der Waals surface area contributed by atoms with Gasteiger partial charge in [-0.25, -0.2) is 4.85 Å². The number of benzene rings is 3. The van der Waals surface area contributed by atoms with Gasteiger partial charge < -0.3 is 4.42 Å². The molecule has 3 aromatic carbocycles. The Bertz CT molecular complexity index is 1710. The Balaban J connectivity index is 1.84. The monoisotopic (exact) mass is 503 g/mol. The summed E-state index contributed by atoms with van der Waals surface area (Å²) in [6, 6.07) is 21.7. The van der Waals surface area contributed by atoms with Crippen LogP contribution in [0.1, 0.15) is 36.6 Å². The maximum absolute atomic E-state index is 7.90.